The third-order valence-corrected chi connectivity index (χ3v) is 4.56. The number of nitrogens with zero attached hydrogens (tertiary/aromatic N) is 3. The number of methoxy groups -OCH3 is 1. The van der Waals surface area contributed by atoms with Gasteiger partial charge < -0.3 is 15.0 Å². The van der Waals surface area contributed by atoms with Crippen LogP contribution in [0.25, 0.3) is 21.8 Å². The second kappa shape index (κ2) is 5.87. The Kier molecular flexibility index (Phi) is 3.64. The number of benzene rings is 2. The van der Waals surface area contributed by atoms with Gasteiger partial charge in [0.05, 0.1) is 25.4 Å². The molecule has 4 rings (SSSR count). The lowest BCUT2D eigenvalue weighted by molar-refractivity contribution is 0.387. The quantitative estimate of drug-likeness (QED) is 0.575. The number of rotatable bonds is 3. The largest absolute Gasteiger partial charge is 0.494 e. The normalized spacial score (nSPS) is 11.3. The van der Waals surface area contributed by atoms with Crippen LogP contribution in [0.4, 0.5) is 10.1 Å². The predicted octanol–water partition coefficient (Wildman–Crippen LogP) is 2.67. The second-order valence-electron chi connectivity index (χ2n) is 6.18. The molecular formula is C19H17FN4O2. The Morgan fingerprint density at radius 1 is 1.23 bits per heavy atom. The van der Waals surface area contributed by atoms with E-state index in [1.165, 1.54) is 17.9 Å². The van der Waals surface area contributed by atoms with Crippen LogP contribution in [0.2, 0.25) is 0 Å². The zero-order valence-electron chi connectivity index (χ0n) is 14.4. The molecule has 0 unspecified atom stereocenters. The number of hydrogen-bond acceptors (Lipinski definition) is 4. The minimum absolute atomic E-state index is 0.136. The van der Waals surface area contributed by atoms with Gasteiger partial charge in [-0.15, -0.1) is 0 Å². The Bertz CT molecular complexity index is 1210. The summed E-state index contributed by atoms with van der Waals surface area (Å²) in [6, 6.07) is 10.3. The van der Waals surface area contributed by atoms with Crippen molar-refractivity contribution in [3.8, 4) is 5.75 Å². The van der Waals surface area contributed by atoms with E-state index in [1.807, 2.05) is 12.1 Å². The molecule has 2 N–H and O–H groups in total. The van der Waals surface area contributed by atoms with E-state index >= 15 is 0 Å². The van der Waals surface area contributed by atoms with E-state index in [2.05, 4.69) is 5.10 Å². The molecule has 0 radical (unpaired) electrons. The first-order valence-corrected chi connectivity index (χ1v) is 8.05. The highest BCUT2D eigenvalue weighted by atomic mass is 19.1. The number of hydrogen-bond donors (Lipinski definition) is 1. The molecule has 0 bridgehead atoms. The lowest BCUT2D eigenvalue weighted by Gasteiger charge is -2.06. The maximum atomic E-state index is 14.1. The summed E-state index contributed by atoms with van der Waals surface area (Å²) in [6.45, 7) is 0.305. The molecule has 0 aliphatic heterocycles. The highest BCUT2D eigenvalue weighted by Gasteiger charge is 2.17. The molecule has 0 atom stereocenters. The fraction of sp³-hybridized carbons (Fsp3) is 0.158. The van der Waals surface area contributed by atoms with Gasteiger partial charge in [0, 0.05) is 29.6 Å². The fourth-order valence-corrected chi connectivity index (χ4v) is 3.29. The van der Waals surface area contributed by atoms with Gasteiger partial charge >= 0.3 is 0 Å². The van der Waals surface area contributed by atoms with Crippen LogP contribution in [0.1, 0.15) is 5.56 Å². The molecule has 0 saturated carbocycles. The van der Waals surface area contributed by atoms with Crippen LogP contribution in [-0.4, -0.2) is 21.5 Å². The Morgan fingerprint density at radius 2 is 2.04 bits per heavy atom. The highest BCUT2D eigenvalue weighted by Crippen LogP contribution is 2.30. The molecule has 26 heavy (non-hydrogen) atoms. The maximum Gasteiger partial charge on any atom is 0.291 e. The van der Waals surface area contributed by atoms with Crippen molar-refractivity contribution in [3.05, 3.63) is 64.3 Å². The molecule has 0 amide bonds. The summed E-state index contributed by atoms with van der Waals surface area (Å²) in [5, 5.41) is 5.50. The number of aryl methyl sites for hydroxylation is 1. The van der Waals surface area contributed by atoms with E-state index in [0.717, 1.165) is 5.56 Å². The van der Waals surface area contributed by atoms with Crippen LogP contribution in [0.15, 0.2) is 47.4 Å². The van der Waals surface area contributed by atoms with Crippen molar-refractivity contribution in [2.75, 3.05) is 12.8 Å². The highest BCUT2D eigenvalue weighted by molar-refractivity contribution is 6.07. The number of nitrogen functional groups attached to an aromatic ring is 1. The van der Waals surface area contributed by atoms with Gasteiger partial charge in [-0.2, -0.15) is 5.10 Å². The van der Waals surface area contributed by atoms with E-state index in [9.17, 15) is 9.18 Å². The molecule has 132 valence electrons. The van der Waals surface area contributed by atoms with Crippen LogP contribution in [0.3, 0.4) is 0 Å². The van der Waals surface area contributed by atoms with Crippen molar-refractivity contribution >= 4 is 27.5 Å². The minimum atomic E-state index is -0.476. The van der Waals surface area contributed by atoms with Crippen LogP contribution in [0.5, 0.6) is 5.75 Å². The van der Waals surface area contributed by atoms with Gasteiger partial charge in [-0.05, 0) is 23.8 Å². The van der Waals surface area contributed by atoms with Crippen molar-refractivity contribution in [2.45, 2.75) is 6.54 Å². The number of halogens is 1. The number of anilines is 1. The van der Waals surface area contributed by atoms with Crippen molar-refractivity contribution in [3.63, 3.8) is 0 Å². The fourth-order valence-electron chi connectivity index (χ4n) is 3.29. The molecule has 0 aliphatic carbocycles. The zero-order valence-corrected chi connectivity index (χ0v) is 14.4. The van der Waals surface area contributed by atoms with Crippen molar-refractivity contribution in [2.24, 2.45) is 7.05 Å². The first-order chi connectivity index (χ1) is 12.5. The molecule has 0 fully saturated rings. The SMILES string of the molecule is COc1cc2c(cc1F)c1cnn(Cc3cccc(N)c3)c(=O)c1n2C. The van der Waals surface area contributed by atoms with Crippen LogP contribution < -0.4 is 16.0 Å². The molecule has 0 spiro atoms. The van der Waals surface area contributed by atoms with Crippen molar-refractivity contribution < 1.29 is 9.13 Å². The summed E-state index contributed by atoms with van der Waals surface area (Å²) < 4.78 is 22.3. The summed E-state index contributed by atoms with van der Waals surface area (Å²) >= 11 is 0. The van der Waals surface area contributed by atoms with Gasteiger partial charge in [0.2, 0.25) is 0 Å². The van der Waals surface area contributed by atoms with Gasteiger partial charge in [-0.1, -0.05) is 12.1 Å². The summed E-state index contributed by atoms with van der Waals surface area (Å²) in [7, 11) is 3.18. The Hall–Kier alpha value is -3.35. The topological polar surface area (TPSA) is 75.1 Å². The first-order valence-electron chi connectivity index (χ1n) is 8.05. The van der Waals surface area contributed by atoms with E-state index < -0.39 is 5.82 Å². The zero-order chi connectivity index (χ0) is 18.4. The van der Waals surface area contributed by atoms with E-state index in [0.29, 0.717) is 34.0 Å². The molecule has 0 saturated heterocycles. The third-order valence-electron chi connectivity index (χ3n) is 4.56. The summed E-state index contributed by atoms with van der Waals surface area (Å²) in [5.41, 5.74) is 8.23. The predicted molar refractivity (Wildman–Crippen MR) is 98.9 cm³/mol. The number of nitrogens with two attached hydrogens (primary N) is 1. The Morgan fingerprint density at radius 3 is 2.77 bits per heavy atom. The van der Waals surface area contributed by atoms with Gasteiger partial charge in [-0.25, -0.2) is 9.07 Å². The maximum absolute atomic E-state index is 14.1. The second-order valence-corrected chi connectivity index (χ2v) is 6.18. The summed E-state index contributed by atoms with van der Waals surface area (Å²) in [4.78, 5) is 13.0. The van der Waals surface area contributed by atoms with Crippen LogP contribution >= 0.6 is 0 Å². The van der Waals surface area contributed by atoms with Crippen molar-refractivity contribution in [1.82, 2.24) is 14.3 Å². The number of aromatic nitrogens is 3. The van der Waals surface area contributed by atoms with E-state index in [1.54, 1.807) is 36.0 Å². The molecule has 6 nitrogen and oxygen atoms in total. The van der Waals surface area contributed by atoms with Gasteiger partial charge in [0.15, 0.2) is 11.6 Å². The molecule has 2 aromatic heterocycles. The summed E-state index contributed by atoms with van der Waals surface area (Å²) in [5.74, 6) is -0.340. The van der Waals surface area contributed by atoms with Crippen LogP contribution in [0, 0.1) is 5.82 Å². The van der Waals surface area contributed by atoms with Crippen LogP contribution in [-0.2, 0) is 13.6 Å². The molecule has 2 heterocycles. The monoisotopic (exact) mass is 352 g/mol. The Balaban J connectivity index is 1.94. The van der Waals surface area contributed by atoms with Gasteiger partial charge in [-0.3, -0.25) is 4.79 Å². The lowest BCUT2D eigenvalue weighted by atomic mass is 10.2. The minimum Gasteiger partial charge on any atom is -0.494 e. The molecule has 7 heteroatoms. The van der Waals surface area contributed by atoms with Gasteiger partial charge in [0.1, 0.15) is 5.52 Å². The van der Waals surface area contributed by atoms with E-state index in [-0.39, 0.29) is 11.3 Å². The van der Waals surface area contributed by atoms with Crippen molar-refractivity contribution in [1.29, 1.82) is 0 Å². The number of fused-ring (bicyclic) bond motifs is 3. The molecule has 0 aliphatic rings. The number of ether oxygens (including phenoxy) is 1. The molecule has 4 aromatic rings. The smallest absolute Gasteiger partial charge is 0.291 e. The average Bonchev–Trinajstić information content (AvgIpc) is 2.89. The molecule has 2 aromatic carbocycles. The standard InChI is InChI=1S/C19H17FN4O2/c1-23-16-8-17(26-2)15(20)7-13(16)14-9-22-24(19(25)18(14)23)10-11-4-3-5-12(21)6-11/h3-9H,10,21H2,1-2H3. The lowest BCUT2D eigenvalue weighted by Crippen LogP contribution is -2.24. The Labute approximate surface area is 148 Å². The summed E-state index contributed by atoms with van der Waals surface area (Å²) in [6.07, 6.45) is 1.59. The molecular weight excluding hydrogens is 335 g/mol. The first kappa shape index (κ1) is 16.1. The average molecular weight is 352 g/mol. The third kappa shape index (κ3) is 2.40. The van der Waals surface area contributed by atoms with Gasteiger partial charge in [0.25, 0.3) is 5.56 Å². The van der Waals surface area contributed by atoms with E-state index in [4.69, 9.17) is 10.5 Å².